The molecule has 3 rings (SSSR count). The molecule has 2 N–H and O–H groups in total. The van der Waals surface area contributed by atoms with E-state index in [-0.39, 0.29) is 0 Å². The quantitative estimate of drug-likeness (QED) is 0.855. The molecule has 3 heteroatoms. The first-order valence-corrected chi connectivity index (χ1v) is 8.11. The Labute approximate surface area is 137 Å². The summed E-state index contributed by atoms with van der Waals surface area (Å²) in [6.07, 6.45) is 3.77. The molecule has 0 amide bonds. The van der Waals surface area contributed by atoms with Crippen molar-refractivity contribution in [3.8, 4) is 0 Å². The van der Waals surface area contributed by atoms with Crippen molar-refractivity contribution in [3.05, 3.63) is 83.6 Å². The predicted molar refractivity (Wildman–Crippen MR) is 91.5 cm³/mol. The Hall–Kier alpha value is -2.10. The molecule has 0 aromatic heterocycles. The van der Waals surface area contributed by atoms with Crippen LogP contribution in [0.1, 0.15) is 30.9 Å². The Morgan fingerprint density at radius 1 is 1.04 bits per heavy atom. The Bertz CT molecular complexity index is 654. The summed E-state index contributed by atoms with van der Waals surface area (Å²) in [5, 5.41) is 10.6. The summed E-state index contributed by atoms with van der Waals surface area (Å²) >= 11 is 0. The van der Waals surface area contributed by atoms with E-state index in [1.54, 1.807) is 6.26 Å². The van der Waals surface area contributed by atoms with Crippen molar-refractivity contribution in [3.63, 3.8) is 0 Å². The molecule has 23 heavy (non-hydrogen) atoms. The Morgan fingerprint density at radius 2 is 1.70 bits per heavy atom. The molecule has 1 aliphatic rings. The fraction of sp³-hybridized carbons (Fsp3) is 0.300. The van der Waals surface area contributed by atoms with E-state index in [1.165, 1.54) is 5.56 Å². The Balaban J connectivity index is 1.63. The maximum atomic E-state index is 10.6. The SMILES string of the molecule is CC1(c2ccccc2)NOC=C1C(O)CCCc1ccccc1. The maximum absolute atomic E-state index is 10.6. The molecule has 2 aromatic carbocycles. The van der Waals surface area contributed by atoms with Crippen LogP contribution in [0, 0.1) is 0 Å². The average Bonchev–Trinajstić information content (AvgIpc) is 3.00. The molecule has 120 valence electrons. The molecule has 0 spiro atoms. The van der Waals surface area contributed by atoms with Crippen molar-refractivity contribution < 1.29 is 9.94 Å². The van der Waals surface area contributed by atoms with Crippen molar-refractivity contribution >= 4 is 0 Å². The van der Waals surface area contributed by atoms with Crippen LogP contribution in [0.2, 0.25) is 0 Å². The number of nitrogens with one attached hydrogen (secondary N) is 1. The number of aryl methyl sites for hydroxylation is 1. The van der Waals surface area contributed by atoms with Gasteiger partial charge < -0.3 is 9.94 Å². The summed E-state index contributed by atoms with van der Waals surface area (Å²) < 4.78 is 0. The molecule has 1 aliphatic heterocycles. The molecule has 0 saturated carbocycles. The van der Waals surface area contributed by atoms with Gasteiger partial charge in [0.15, 0.2) is 0 Å². The van der Waals surface area contributed by atoms with Gasteiger partial charge in [-0.15, -0.1) is 5.48 Å². The second-order valence-corrected chi connectivity index (χ2v) is 6.18. The highest BCUT2D eigenvalue weighted by Crippen LogP contribution is 2.36. The van der Waals surface area contributed by atoms with Gasteiger partial charge in [0.05, 0.1) is 6.10 Å². The van der Waals surface area contributed by atoms with E-state index in [2.05, 4.69) is 29.7 Å². The van der Waals surface area contributed by atoms with Crippen LogP contribution in [-0.4, -0.2) is 11.2 Å². The minimum absolute atomic E-state index is 0.479. The van der Waals surface area contributed by atoms with E-state index in [4.69, 9.17) is 4.84 Å². The van der Waals surface area contributed by atoms with E-state index in [0.717, 1.165) is 24.0 Å². The van der Waals surface area contributed by atoms with E-state index in [9.17, 15) is 5.11 Å². The molecule has 0 radical (unpaired) electrons. The van der Waals surface area contributed by atoms with Crippen molar-refractivity contribution in [2.45, 2.75) is 37.8 Å². The second kappa shape index (κ2) is 6.99. The third kappa shape index (κ3) is 3.46. The first kappa shape index (κ1) is 15.8. The van der Waals surface area contributed by atoms with Crippen LogP contribution < -0.4 is 5.48 Å². The van der Waals surface area contributed by atoms with Gasteiger partial charge in [-0.2, -0.15) is 0 Å². The second-order valence-electron chi connectivity index (χ2n) is 6.18. The Kier molecular flexibility index (Phi) is 4.79. The number of hydroxylamine groups is 1. The van der Waals surface area contributed by atoms with Crippen LogP contribution in [0.4, 0.5) is 0 Å². The van der Waals surface area contributed by atoms with Crippen LogP contribution >= 0.6 is 0 Å². The molecule has 1 heterocycles. The van der Waals surface area contributed by atoms with Gasteiger partial charge in [-0.1, -0.05) is 60.7 Å². The van der Waals surface area contributed by atoms with Crippen LogP contribution in [0.3, 0.4) is 0 Å². The van der Waals surface area contributed by atoms with Crippen molar-refractivity contribution in [1.82, 2.24) is 5.48 Å². The zero-order chi connectivity index (χ0) is 16.1. The molecular formula is C20H23NO2. The summed E-state index contributed by atoms with van der Waals surface area (Å²) in [6, 6.07) is 20.5. The van der Waals surface area contributed by atoms with Crippen LogP contribution in [0.25, 0.3) is 0 Å². The maximum Gasteiger partial charge on any atom is 0.115 e. The Morgan fingerprint density at radius 3 is 2.39 bits per heavy atom. The smallest absolute Gasteiger partial charge is 0.115 e. The van der Waals surface area contributed by atoms with E-state index >= 15 is 0 Å². The topological polar surface area (TPSA) is 41.5 Å². The fourth-order valence-corrected chi connectivity index (χ4v) is 3.10. The third-order valence-corrected chi connectivity index (χ3v) is 4.52. The van der Waals surface area contributed by atoms with Crippen LogP contribution in [0.5, 0.6) is 0 Å². The fourth-order valence-electron chi connectivity index (χ4n) is 3.10. The highest BCUT2D eigenvalue weighted by Gasteiger charge is 2.39. The summed E-state index contributed by atoms with van der Waals surface area (Å²) in [5.41, 5.74) is 5.84. The predicted octanol–water partition coefficient (Wildman–Crippen LogP) is 3.70. The molecule has 2 aromatic rings. The van der Waals surface area contributed by atoms with E-state index in [0.29, 0.717) is 6.42 Å². The molecule has 0 saturated heterocycles. The van der Waals surface area contributed by atoms with Gasteiger partial charge >= 0.3 is 0 Å². The van der Waals surface area contributed by atoms with Gasteiger partial charge in [0.1, 0.15) is 11.8 Å². The molecular weight excluding hydrogens is 286 g/mol. The number of aliphatic hydroxyl groups is 1. The number of aliphatic hydroxyl groups excluding tert-OH is 1. The standard InChI is InChI=1S/C20H23NO2/c1-20(17-12-6-3-7-13-17)18(15-23-21-20)19(22)14-8-11-16-9-4-2-5-10-16/h2-7,9-10,12-13,15,19,21-22H,8,11,14H2,1H3. The minimum atomic E-state index is -0.515. The number of hydrogen-bond acceptors (Lipinski definition) is 3. The zero-order valence-electron chi connectivity index (χ0n) is 13.4. The van der Waals surface area contributed by atoms with Gasteiger partial charge in [0, 0.05) is 5.57 Å². The molecule has 2 unspecified atom stereocenters. The lowest BCUT2D eigenvalue weighted by Gasteiger charge is -2.29. The van der Waals surface area contributed by atoms with E-state index < -0.39 is 11.6 Å². The van der Waals surface area contributed by atoms with Crippen molar-refractivity contribution in [2.24, 2.45) is 0 Å². The summed E-state index contributed by atoms with van der Waals surface area (Å²) in [6.45, 7) is 2.04. The normalized spacial score (nSPS) is 21.6. The van der Waals surface area contributed by atoms with E-state index in [1.807, 2.05) is 43.3 Å². The lowest BCUT2D eigenvalue weighted by atomic mass is 9.82. The lowest BCUT2D eigenvalue weighted by molar-refractivity contribution is 0.0965. The van der Waals surface area contributed by atoms with Gasteiger partial charge in [0.25, 0.3) is 0 Å². The van der Waals surface area contributed by atoms with Gasteiger partial charge in [-0.25, -0.2) is 0 Å². The van der Waals surface area contributed by atoms with Crippen LogP contribution in [-0.2, 0) is 16.8 Å². The molecule has 0 aliphatic carbocycles. The van der Waals surface area contributed by atoms with Crippen molar-refractivity contribution in [2.75, 3.05) is 0 Å². The van der Waals surface area contributed by atoms with Gasteiger partial charge in [0.2, 0.25) is 0 Å². The van der Waals surface area contributed by atoms with Crippen molar-refractivity contribution in [1.29, 1.82) is 0 Å². The zero-order valence-corrected chi connectivity index (χ0v) is 13.4. The molecule has 0 fully saturated rings. The monoisotopic (exact) mass is 309 g/mol. The molecule has 2 atom stereocenters. The molecule has 3 nitrogen and oxygen atoms in total. The minimum Gasteiger partial charge on any atom is -0.415 e. The summed E-state index contributed by atoms with van der Waals surface area (Å²) in [4.78, 5) is 5.34. The first-order valence-electron chi connectivity index (χ1n) is 8.11. The van der Waals surface area contributed by atoms with Gasteiger partial charge in [-0.3, -0.25) is 0 Å². The summed E-state index contributed by atoms with van der Waals surface area (Å²) in [7, 11) is 0. The molecule has 0 bridgehead atoms. The third-order valence-electron chi connectivity index (χ3n) is 4.52. The summed E-state index contributed by atoms with van der Waals surface area (Å²) in [5.74, 6) is 0. The lowest BCUT2D eigenvalue weighted by Crippen LogP contribution is -2.39. The number of benzene rings is 2. The van der Waals surface area contributed by atoms with Gasteiger partial charge in [-0.05, 0) is 37.3 Å². The average molecular weight is 309 g/mol. The number of hydrogen-bond donors (Lipinski definition) is 2. The first-order chi connectivity index (χ1) is 11.2. The largest absolute Gasteiger partial charge is 0.415 e. The highest BCUT2D eigenvalue weighted by atomic mass is 16.6. The number of rotatable bonds is 6. The van der Waals surface area contributed by atoms with Crippen LogP contribution in [0.15, 0.2) is 72.5 Å². The highest BCUT2D eigenvalue weighted by molar-refractivity contribution is 5.36.